The molecule has 0 aliphatic heterocycles. The highest BCUT2D eigenvalue weighted by atomic mass is 16.5. The number of benzene rings is 2. The molecule has 0 spiro atoms. The van der Waals surface area contributed by atoms with Crippen molar-refractivity contribution in [2.45, 2.75) is 13.3 Å². The highest BCUT2D eigenvalue weighted by Gasteiger charge is 2.15. The van der Waals surface area contributed by atoms with Crippen molar-refractivity contribution in [2.75, 3.05) is 13.2 Å². The Kier molecular flexibility index (Phi) is 7.39. The summed E-state index contributed by atoms with van der Waals surface area (Å²) in [6.07, 6.45) is 5.86. The predicted octanol–water partition coefficient (Wildman–Crippen LogP) is 4.54. The lowest BCUT2D eigenvalue weighted by molar-refractivity contribution is -0.116. The van der Waals surface area contributed by atoms with Crippen molar-refractivity contribution in [3.8, 4) is 28.8 Å². The Hall–Kier alpha value is -4.11. The fraction of sp³-hybridized carbons (Fsp3) is 0.160. The van der Waals surface area contributed by atoms with Crippen molar-refractivity contribution in [1.82, 2.24) is 15.1 Å². The number of amides is 1. The molecule has 0 saturated carbocycles. The van der Waals surface area contributed by atoms with E-state index in [2.05, 4.69) is 18.8 Å². The minimum Gasteiger partial charge on any atom is -0.494 e. The molecule has 2 aromatic carbocycles. The molecule has 31 heavy (non-hydrogen) atoms. The number of ether oxygens (including phenoxy) is 1. The number of nitrogens with one attached hydrogen (secondary N) is 1. The van der Waals surface area contributed by atoms with Gasteiger partial charge in [0.2, 0.25) is 0 Å². The maximum absolute atomic E-state index is 12.3. The van der Waals surface area contributed by atoms with Crippen LogP contribution in [0, 0.1) is 11.3 Å². The number of aromatic nitrogens is 2. The number of nitriles is 1. The number of carbonyl (C=O) groups is 1. The lowest BCUT2D eigenvalue weighted by Crippen LogP contribution is -2.24. The third kappa shape index (κ3) is 5.49. The van der Waals surface area contributed by atoms with Gasteiger partial charge in [0.05, 0.1) is 18.0 Å². The fourth-order valence-corrected chi connectivity index (χ4v) is 2.92. The quantitative estimate of drug-likeness (QED) is 0.318. The van der Waals surface area contributed by atoms with E-state index in [1.54, 1.807) is 16.8 Å². The largest absolute Gasteiger partial charge is 0.494 e. The van der Waals surface area contributed by atoms with Crippen LogP contribution in [0.2, 0.25) is 0 Å². The summed E-state index contributed by atoms with van der Waals surface area (Å²) in [7, 11) is 0. The van der Waals surface area contributed by atoms with Crippen LogP contribution in [0.4, 0.5) is 0 Å². The van der Waals surface area contributed by atoms with Crippen molar-refractivity contribution in [2.24, 2.45) is 0 Å². The van der Waals surface area contributed by atoms with Crippen LogP contribution in [0.15, 0.2) is 79.0 Å². The molecular formula is C25H24N4O2. The second-order valence-corrected chi connectivity index (χ2v) is 6.75. The van der Waals surface area contributed by atoms with Gasteiger partial charge in [0.15, 0.2) is 0 Å². The van der Waals surface area contributed by atoms with Gasteiger partial charge in [0, 0.05) is 23.9 Å². The zero-order valence-electron chi connectivity index (χ0n) is 17.4. The van der Waals surface area contributed by atoms with Crippen LogP contribution < -0.4 is 10.1 Å². The van der Waals surface area contributed by atoms with Gasteiger partial charge in [-0.25, -0.2) is 4.68 Å². The van der Waals surface area contributed by atoms with Gasteiger partial charge in [0.25, 0.3) is 5.91 Å². The summed E-state index contributed by atoms with van der Waals surface area (Å²) in [4.78, 5) is 12.3. The summed E-state index contributed by atoms with van der Waals surface area (Å²) in [5, 5.41) is 16.9. The van der Waals surface area contributed by atoms with E-state index in [0.29, 0.717) is 17.9 Å². The summed E-state index contributed by atoms with van der Waals surface area (Å²) in [6, 6.07) is 19.3. The molecule has 1 amide bonds. The normalized spacial score (nSPS) is 10.9. The molecule has 0 bridgehead atoms. The van der Waals surface area contributed by atoms with Gasteiger partial charge in [-0.1, -0.05) is 31.2 Å². The van der Waals surface area contributed by atoms with Crippen molar-refractivity contribution < 1.29 is 9.53 Å². The minimum atomic E-state index is -0.455. The van der Waals surface area contributed by atoms with Gasteiger partial charge in [-0.3, -0.25) is 4.79 Å². The van der Waals surface area contributed by atoms with Crippen molar-refractivity contribution >= 4 is 12.0 Å². The first-order valence-corrected chi connectivity index (χ1v) is 10.1. The molecule has 0 radical (unpaired) electrons. The van der Waals surface area contributed by atoms with Crippen LogP contribution in [-0.2, 0) is 4.79 Å². The first-order chi connectivity index (χ1) is 15.2. The molecule has 0 fully saturated rings. The van der Waals surface area contributed by atoms with Crippen LogP contribution in [-0.4, -0.2) is 28.8 Å². The summed E-state index contributed by atoms with van der Waals surface area (Å²) >= 11 is 0. The highest BCUT2D eigenvalue weighted by molar-refractivity contribution is 6.02. The molecule has 0 aliphatic carbocycles. The van der Waals surface area contributed by atoms with Gasteiger partial charge in [-0.2, -0.15) is 10.4 Å². The summed E-state index contributed by atoms with van der Waals surface area (Å²) < 4.78 is 7.40. The van der Waals surface area contributed by atoms with E-state index in [1.807, 2.05) is 66.9 Å². The molecule has 3 aromatic rings. The third-order valence-corrected chi connectivity index (χ3v) is 4.44. The number of carbonyl (C=O) groups excluding carboxylic acids is 1. The highest BCUT2D eigenvalue weighted by Crippen LogP contribution is 2.27. The first kappa shape index (κ1) is 21.6. The zero-order chi connectivity index (χ0) is 22.1. The molecule has 0 unspecified atom stereocenters. The Morgan fingerprint density at radius 1 is 1.23 bits per heavy atom. The van der Waals surface area contributed by atoms with E-state index in [0.717, 1.165) is 23.4 Å². The fourth-order valence-electron chi connectivity index (χ4n) is 2.92. The molecule has 3 rings (SSSR count). The lowest BCUT2D eigenvalue weighted by atomic mass is 10.1. The molecule has 0 saturated heterocycles. The Balaban J connectivity index is 2.03. The van der Waals surface area contributed by atoms with Gasteiger partial charge < -0.3 is 10.1 Å². The SMILES string of the molecule is C=CCNC(=O)C(C#N)=Cc1cn(-c2ccccc2)nc1-c1ccc(OCCC)cc1. The monoisotopic (exact) mass is 412 g/mol. The standard InChI is InChI=1S/C25H24N4O2/c1-3-14-27-25(30)20(17-26)16-21-18-29(22-8-6-5-7-9-22)28-24(21)19-10-12-23(13-11-19)31-15-4-2/h3,5-13,16,18H,1,4,14-15H2,2H3,(H,27,30). The van der Waals surface area contributed by atoms with E-state index in [-0.39, 0.29) is 12.1 Å². The zero-order valence-corrected chi connectivity index (χ0v) is 17.4. The molecular weight excluding hydrogens is 388 g/mol. The third-order valence-electron chi connectivity index (χ3n) is 4.44. The van der Waals surface area contributed by atoms with Crippen LogP contribution in [0.1, 0.15) is 18.9 Å². The van der Waals surface area contributed by atoms with Crippen molar-refractivity contribution in [3.05, 3.63) is 84.6 Å². The molecule has 1 N–H and O–H groups in total. The Bertz CT molecular complexity index is 1110. The Labute approximate surface area is 182 Å². The van der Waals surface area contributed by atoms with Gasteiger partial charge in [0.1, 0.15) is 17.4 Å². The van der Waals surface area contributed by atoms with E-state index in [1.165, 1.54) is 0 Å². The maximum atomic E-state index is 12.3. The molecule has 6 heteroatoms. The maximum Gasteiger partial charge on any atom is 0.262 e. The van der Waals surface area contributed by atoms with Crippen molar-refractivity contribution in [3.63, 3.8) is 0 Å². The van der Waals surface area contributed by atoms with Gasteiger partial charge >= 0.3 is 0 Å². The van der Waals surface area contributed by atoms with Crippen LogP contribution in [0.25, 0.3) is 23.0 Å². The molecule has 1 aromatic heterocycles. The van der Waals surface area contributed by atoms with Crippen molar-refractivity contribution in [1.29, 1.82) is 5.26 Å². The first-order valence-electron chi connectivity index (χ1n) is 10.1. The van der Waals surface area contributed by atoms with Gasteiger partial charge in [-0.15, -0.1) is 6.58 Å². The number of hydrogen-bond donors (Lipinski definition) is 1. The predicted molar refractivity (Wildman–Crippen MR) is 122 cm³/mol. The number of nitrogens with zero attached hydrogens (tertiary/aromatic N) is 3. The Morgan fingerprint density at radius 3 is 2.61 bits per heavy atom. The molecule has 0 aliphatic rings. The van der Waals surface area contributed by atoms with E-state index >= 15 is 0 Å². The molecule has 6 nitrogen and oxygen atoms in total. The summed E-state index contributed by atoms with van der Waals surface area (Å²) in [5.74, 6) is 0.329. The van der Waals surface area contributed by atoms with Gasteiger partial charge in [-0.05, 0) is 48.9 Å². The second kappa shape index (κ2) is 10.6. The molecule has 1 heterocycles. The average Bonchev–Trinajstić information content (AvgIpc) is 3.24. The second-order valence-electron chi connectivity index (χ2n) is 6.75. The lowest BCUT2D eigenvalue weighted by Gasteiger charge is -2.06. The average molecular weight is 412 g/mol. The number of para-hydroxylation sites is 1. The number of hydrogen-bond acceptors (Lipinski definition) is 4. The van der Waals surface area contributed by atoms with Crippen LogP contribution in [0.5, 0.6) is 5.75 Å². The molecule has 0 atom stereocenters. The van der Waals surface area contributed by atoms with E-state index in [9.17, 15) is 10.1 Å². The topological polar surface area (TPSA) is 79.9 Å². The summed E-state index contributed by atoms with van der Waals surface area (Å²) in [6.45, 7) is 6.57. The van der Waals surface area contributed by atoms with E-state index < -0.39 is 5.91 Å². The smallest absolute Gasteiger partial charge is 0.262 e. The van der Waals surface area contributed by atoms with E-state index in [4.69, 9.17) is 9.84 Å². The minimum absolute atomic E-state index is 0.00129. The van der Waals surface area contributed by atoms with Crippen LogP contribution in [0.3, 0.4) is 0 Å². The molecule has 156 valence electrons. The summed E-state index contributed by atoms with van der Waals surface area (Å²) in [5.41, 5.74) is 3.06. The van der Waals surface area contributed by atoms with Crippen LogP contribution >= 0.6 is 0 Å². The Morgan fingerprint density at radius 2 is 1.97 bits per heavy atom. The number of rotatable bonds is 9.